The predicted molar refractivity (Wildman–Crippen MR) is 91.5 cm³/mol. The standard InChI is InChI=1S/C17H23N5O4/c1-24-11-9-22-19-17(18-20-22)15-13-21(8-12-26-15)16(23)7-10-25-14-5-3-2-4-6-14/h2-6,15H,7-13H2,1H3. The molecule has 1 aromatic carbocycles. The molecule has 2 aromatic rings. The lowest BCUT2D eigenvalue weighted by molar-refractivity contribution is -0.139. The molecule has 0 spiro atoms. The van der Waals surface area contributed by atoms with Crippen LogP contribution in [0.1, 0.15) is 18.3 Å². The molecule has 1 aliphatic rings. The van der Waals surface area contributed by atoms with Gasteiger partial charge >= 0.3 is 0 Å². The highest BCUT2D eigenvalue weighted by Crippen LogP contribution is 2.19. The third kappa shape index (κ3) is 4.99. The number of nitrogens with zero attached hydrogens (tertiary/aromatic N) is 5. The lowest BCUT2D eigenvalue weighted by Crippen LogP contribution is -2.43. The number of carbonyl (C=O) groups is 1. The maximum atomic E-state index is 12.4. The Kier molecular flexibility index (Phi) is 6.50. The number of hydrogen-bond acceptors (Lipinski definition) is 7. The van der Waals surface area contributed by atoms with E-state index < -0.39 is 0 Å². The van der Waals surface area contributed by atoms with Gasteiger partial charge in [0.2, 0.25) is 11.7 Å². The molecule has 9 nitrogen and oxygen atoms in total. The quantitative estimate of drug-likeness (QED) is 0.683. The van der Waals surface area contributed by atoms with E-state index in [1.54, 1.807) is 12.0 Å². The first-order valence-corrected chi connectivity index (χ1v) is 8.60. The molecule has 2 heterocycles. The van der Waals surface area contributed by atoms with E-state index in [1.807, 2.05) is 30.3 Å². The number of hydrogen-bond donors (Lipinski definition) is 0. The van der Waals surface area contributed by atoms with Crippen LogP contribution in [-0.2, 0) is 20.8 Å². The molecule has 1 unspecified atom stereocenters. The molecule has 0 N–H and O–H groups in total. The van der Waals surface area contributed by atoms with Gasteiger partial charge in [-0.05, 0) is 17.3 Å². The van der Waals surface area contributed by atoms with Gasteiger partial charge in [0.15, 0.2) is 0 Å². The van der Waals surface area contributed by atoms with E-state index in [2.05, 4.69) is 15.4 Å². The third-order valence-electron chi connectivity index (χ3n) is 4.00. The summed E-state index contributed by atoms with van der Waals surface area (Å²) < 4.78 is 16.3. The first-order valence-electron chi connectivity index (χ1n) is 8.60. The number of methoxy groups -OCH3 is 1. The molecule has 0 saturated carbocycles. The zero-order valence-corrected chi connectivity index (χ0v) is 14.8. The molecule has 1 saturated heterocycles. The second kappa shape index (κ2) is 9.25. The molecule has 0 bridgehead atoms. The number of ether oxygens (including phenoxy) is 3. The van der Waals surface area contributed by atoms with Crippen LogP contribution in [0.2, 0.25) is 0 Å². The molecule has 1 aliphatic heterocycles. The minimum absolute atomic E-state index is 0.0287. The summed E-state index contributed by atoms with van der Waals surface area (Å²) in [5.74, 6) is 1.28. The van der Waals surface area contributed by atoms with Gasteiger partial charge in [0, 0.05) is 13.7 Å². The van der Waals surface area contributed by atoms with Crippen molar-refractivity contribution in [3.8, 4) is 5.75 Å². The molecule has 0 aliphatic carbocycles. The molecule has 1 atom stereocenters. The highest BCUT2D eigenvalue weighted by molar-refractivity contribution is 5.76. The Labute approximate surface area is 151 Å². The van der Waals surface area contributed by atoms with Crippen molar-refractivity contribution in [2.24, 2.45) is 0 Å². The number of aromatic nitrogens is 4. The topological polar surface area (TPSA) is 91.6 Å². The van der Waals surface area contributed by atoms with E-state index >= 15 is 0 Å². The number of morpholine rings is 1. The smallest absolute Gasteiger partial charge is 0.226 e. The lowest BCUT2D eigenvalue weighted by atomic mass is 10.2. The normalized spacial score (nSPS) is 17.3. The van der Waals surface area contributed by atoms with Gasteiger partial charge in [-0.2, -0.15) is 4.80 Å². The SMILES string of the molecule is COCCn1nnc(C2CN(C(=O)CCOc3ccccc3)CCO2)n1. The highest BCUT2D eigenvalue weighted by Gasteiger charge is 2.28. The first kappa shape index (κ1) is 18.3. The van der Waals surface area contributed by atoms with Gasteiger partial charge in [0.1, 0.15) is 11.9 Å². The van der Waals surface area contributed by atoms with Crippen LogP contribution in [0.4, 0.5) is 0 Å². The van der Waals surface area contributed by atoms with E-state index in [0.29, 0.717) is 51.7 Å². The summed E-state index contributed by atoms with van der Waals surface area (Å²) in [6, 6.07) is 9.46. The zero-order chi connectivity index (χ0) is 18.2. The Hall–Kier alpha value is -2.52. The molecule has 1 amide bonds. The van der Waals surface area contributed by atoms with Crippen LogP contribution in [0.3, 0.4) is 0 Å². The third-order valence-corrected chi connectivity index (χ3v) is 4.00. The van der Waals surface area contributed by atoms with Crippen molar-refractivity contribution >= 4 is 5.91 Å². The predicted octanol–water partition coefficient (Wildman–Crippen LogP) is 0.688. The summed E-state index contributed by atoms with van der Waals surface area (Å²) in [5, 5.41) is 12.3. The molecule has 9 heteroatoms. The average molecular weight is 361 g/mol. The Bertz CT molecular complexity index is 693. The maximum Gasteiger partial charge on any atom is 0.226 e. The van der Waals surface area contributed by atoms with E-state index in [4.69, 9.17) is 14.2 Å². The summed E-state index contributed by atoms with van der Waals surface area (Å²) in [6.07, 6.45) is -0.0470. The Balaban J connectivity index is 1.48. The molecule has 1 aromatic heterocycles. The first-order chi connectivity index (χ1) is 12.8. The Morgan fingerprint density at radius 2 is 2.15 bits per heavy atom. The minimum Gasteiger partial charge on any atom is -0.493 e. The summed E-state index contributed by atoms with van der Waals surface area (Å²) >= 11 is 0. The largest absolute Gasteiger partial charge is 0.493 e. The van der Waals surface area contributed by atoms with Crippen LogP contribution in [0, 0.1) is 0 Å². The van der Waals surface area contributed by atoms with Gasteiger partial charge in [-0.1, -0.05) is 18.2 Å². The van der Waals surface area contributed by atoms with Gasteiger partial charge in [-0.25, -0.2) is 0 Å². The van der Waals surface area contributed by atoms with Gasteiger partial charge in [-0.15, -0.1) is 10.2 Å². The number of benzene rings is 1. The molecule has 3 rings (SSSR count). The van der Waals surface area contributed by atoms with Crippen LogP contribution in [0.15, 0.2) is 30.3 Å². The number of tetrazole rings is 1. The average Bonchev–Trinajstić information content (AvgIpc) is 3.16. The van der Waals surface area contributed by atoms with Crippen molar-refractivity contribution in [1.82, 2.24) is 25.1 Å². The monoisotopic (exact) mass is 361 g/mol. The van der Waals surface area contributed by atoms with E-state index in [-0.39, 0.29) is 12.0 Å². The van der Waals surface area contributed by atoms with E-state index in [9.17, 15) is 4.79 Å². The van der Waals surface area contributed by atoms with Crippen LogP contribution in [0.5, 0.6) is 5.75 Å². The van der Waals surface area contributed by atoms with Crippen molar-refractivity contribution in [2.75, 3.05) is 40.0 Å². The fourth-order valence-electron chi connectivity index (χ4n) is 2.62. The number of amides is 1. The summed E-state index contributed by atoms with van der Waals surface area (Å²) in [6.45, 7) is 2.79. The van der Waals surface area contributed by atoms with Crippen LogP contribution in [-0.4, -0.2) is 71.0 Å². The maximum absolute atomic E-state index is 12.4. The van der Waals surface area contributed by atoms with E-state index in [0.717, 1.165) is 5.75 Å². The zero-order valence-electron chi connectivity index (χ0n) is 14.8. The van der Waals surface area contributed by atoms with Crippen molar-refractivity contribution in [2.45, 2.75) is 19.1 Å². The lowest BCUT2D eigenvalue weighted by Gasteiger charge is -2.31. The van der Waals surface area contributed by atoms with E-state index in [1.165, 1.54) is 4.80 Å². The van der Waals surface area contributed by atoms with Gasteiger partial charge in [0.25, 0.3) is 0 Å². The fourth-order valence-corrected chi connectivity index (χ4v) is 2.62. The molecule has 0 radical (unpaired) electrons. The summed E-state index contributed by atoms with van der Waals surface area (Å²) in [5.41, 5.74) is 0. The molecular formula is C17H23N5O4. The van der Waals surface area contributed by atoms with Gasteiger partial charge < -0.3 is 19.1 Å². The summed E-state index contributed by atoms with van der Waals surface area (Å²) in [4.78, 5) is 15.7. The van der Waals surface area contributed by atoms with Crippen LogP contribution in [0.25, 0.3) is 0 Å². The minimum atomic E-state index is -0.362. The van der Waals surface area contributed by atoms with Crippen molar-refractivity contribution < 1.29 is 19.0 Å². The fraction of sp³-hybridized carbons (Fsp3) is 0.529. The molecule has 26 heavy (non-hydrogen) atoms. The highest BCUT2D eigenvalue weighted by atomic mass is 16.5. The van der Waals surface area contributed by atoms with Crippen molar-refractivity contribution in [3.63, 3.8) is 0 Å². The second-order valence-corrected chi connectivity index (χ2v) is 5.85. The van der Waals surface area contributed by atoms with Gasteiger partial charge in [-0.3, -0.25) is 4.79 Å². The number of rotatable bonds is 8. The number of carbonyl (C=O) groups excluding carboxylic acids is 1. The molecular weight excluding hydrogens is 338 g/mol. The Morgan fingerprint density at radius 3 is 2.96 bits per heavy atom. The number of para-hydroxylation sites is 1. The molecule has 1 fully saturated rings. The van der Waals surface area contributed by atoms with Crippen LogP contribution < -0.4 is 4.74 Å². The molecule has 140 valence electrons. The second-order valence-electron chi connectivity index (χ2n) is 5.85. The van der Waals surface area contributed by atoms with Gasteiger partial charge in [0.05, 0.1) is 39.3 Å². The van der Waals surface area contributed by atoms with Crippen molar-refractivity contribution in [3.05, 3.63) is 36.2 Å². The van der Waals surface area contributed by atoms with Crippen molar-refractivity contribution in [1.29, 1.82) is 0 Å². The Morgan fingerprint density at radius 1 is 1.31 bits per heavy atom. The summed E-state index contributed by atoms with van der Waals surface area (Å²) in [7, 11) is 1.62. The van der Waals surface area contributed by atoms with Crippen LogP contribution >= 0.6 is 0 Å².